The minimum Gasteiger partial charge on any atom is -0.499 e. The maximum absolute atomic E-state index is 13.5. The van der Waals surface area contributed by atoms with Crippen molar-refractivity contribution in [1.29, 1.82) is 0 Å². The normalized spacial score (nSPS) is 17.0. The molecule has 0 bridgehead atoms. The summed E-state index contributed by atoms with van der Waals surface area (Å²) < 4.78 is 43.0. The number of methoxy groups -OCH3 is 1. The van der Waals surface area contributed by atoms with Gasteiger partial charge < -0.3 is 19.5 Å². The van der Waals surface area contributed by atoms with E-state index in [4.69, 9.17) is 14.2 Å². The fraction of sp³-hybridized carbons (Fsp3) is 0.233. The second-order valence-corrected chi connectivity index (χ2v) is 13.2. The Labute approximate surface area is 248 Å². The number of allylic oxidation sites excluding steroid dienone is 1. The number of hydrogen-bond acceptors (Lipinski definition) is 9. The van der Waals surface area contributed by atoms with E-state index in [0.717, 1.165) is 10.5 Å². The molecule has 1 fully saturated rings. The molecular weight excluding hydrogens is 580 g/mol. The highest BCUT2D eigenvalue weighted by molar-refractivity contribution is 8.72. The third-order valence-corrected chi connectivity index (χ3v) is 10.0. The van der Waals surface area contributed by atoms with Crippen LogP contribution in [0.1, 0.15) is 18.1 Å². The van der Waals surface area contributed by atoms with Crippen LogP contribution in [0, 0.1) is 6.92 Å². The van der Waals surface area contributed by atoms with Gasteiger partial charge >= 0.3 is 5.97 Å². The summed E-state index contributed by atoms with van der Waals surface area (Å²) in [7, 11) is -2.29. The number of ether oxygens (including phenoxy) is 3. The summed E-state index contributed by atoms with van der Waals surface area (Å²) in [5, 5.41) is 1.34. The Bertz CT molecular complexity index is 1560. The first kappa shape index (κ1) is 30.7. The molecule has 10 nitrogen and oxygen atoms in total. The van der Waals surface area contributed by atoms with Crippen LogP contribution in [0.2, 0.25) is 0 Å². The number of carbonyl (C=O) groups excluding carboxylic acids is 3. The van der Waals surface area contributed by atoms with Crippen molar-refractivity contribution < 1.29 is 37.0 Å². The number of amides is 2. The lowest BCUT2D eigenvalue weighted by Gasteiger charge is -2.46. The molecule has 0 aromatic heterocycles. The van der Waals surface area contributed by atoms with E-state index >= 15 is 0 Å². The van der Waals surface area contributed by atoms with Gasteiger partial charge in [-0.05, 0) is 43.7 Å². The SMILES string of the molecule is CO/C(C)=C(\C(=O)OCc1ccccc1)N1C(=O)C(NC(=O)COc2ccccc2)C1SS(=O)(=O)c1ccc(C)cc1. The molecule has 4 rings (SSSR count). The average molecular weight is 611 g/mol. The van der Waals surface area contributed by atoms with Gasteiger partial charge in [0.2, 0.25) is 8.87 Å². The molecule has 1 N–H and O–H groups in total. The first-order valence-corrected chi connectivity index (χ1v) is 15.7. The number of likely N-dealkylation sites (tertiary alicyclic amines) is 1. The van der Waals surface area contributed by atoms with Gasteiger partial charge in [-0.3, -0.25) is 14.5 Å². The average Bonchev–Trinajstić information content (AvgIpc) is 3.00. The van der Waals surface area contributed by atoms with Crippen LogP contribution in [0.5, 0.6) is 5.75 Å². The number of esters is 1. The molecule has 2 amide bonds. The van der Waals surface area contributed by atoms with Gasteiger partial charge in [-0.2, -0.15) is 0 Å². The quantitative estimate of drug-likeness (QED) is 0.107. The van der Waals surface area contributed by atoms with Crippen molar-refractivity contribution in [3.63, 3.8) is 0 Å². The molecule has 0 radical (unpaired) electrons. The van der Waals surface area contributed by atoms with Crippen LogP contribution >= 0.6 is 10.8 Å². The Kier molecular flexibility index (Phi) is 9.92. The molecule has 0 aliphatic carbocycles. The number of benzene rings is 3. The molecule has 1 heterocycles. The molecule has 42 heavy (non-hydrogen) atoms. The fourth-order valence-electron chi connectivity index (χ4n) is 4.00. The van der Waals surface area contributed by atoms with Crippen LogP contribution < -0.4 is 10.1 Å². The number of nitrogens with one attached hydrogen (secondary N) is 1. The van der Waals surface area contributed by atoms with E-state index in [9.17, 15) is 22.8 Å². The standard InChI is InChI=1S/C30H30N2O8S2/c1-20-14-16-24(17-15-20)42(36,37)41-29-26(31-25(33)19-39-23-12-8-5-9-13-23)28(34)32(29)27(21(2)38-3)30(35)40-18-22-10-6-4-7-11-22/h4-17,26,29H,18-19H2,1-3H3,(H,31,33)/b27-21+. The van der Waals surface area contributed by atoms with Crippen LogP contribution in [-0.2, 0) is 39.3 Å². The van der Waals surface area contributed by atoms with Crippen molar-refractivity contribution in [3.8, 4) is 5.75 Å². The highest BCUT2D eigenvalue weighted by atomic mass is 33.1. The Morgan fingerprint density at radius 2 is 1.57 bits per heavy atom. The summed E-state index contributed by atoms with van der Waals surface area (Å²) in [6.07, 6.45) is 0. The molecule has 2 unspecified atom stereocenters. The van der Waals surface area contributed by atoms with Gasteiger partial charge in [-0.1, -0.05) is 66.2 Å². The lowest BCUT2D eigenvalue weighted by molar-refractivity contribution is -0.153. The van der Waals surface area contributed by atoms with E-state index in [-0.39, 0.29) is 23.0 Å². The largest absolute Gasteiger partial charge is 0.499 e. The van der Waals surface area contributed by atoms with Crippen LogP contribution in [0.15, 0.2) is 101 Å². The van der Waals surface area contributed by atoms with E-state index in [2.05, 4.69) is 5.32 Å². The number of β-lactam (4-membered cyclic amide) rings is 1. The fourth-order valence-corrected chi connectivity index (χ4v) is 7.47. The summed E-state index contributed by atoms with van der Waals surface area (Å²) in [4.78, 5) is 40.5. The van der Waals surface area contributed by atoms with Crippen LogP contribution in [-0.4, -0.2) is 56.2 Å². The Morgan fingerprint density at radius 3 is 2.19 bits per heavy atom. The van der Waals surface area contributed by atoms with E-state index in [1.807, 2.05) is 13.0 Å². The lowest BCUT2D eigenvalue weighted by atomic mass is 10.1. The van der Waals surface area contributed by atoms with Gasteiger partial charge in [0.1, 0.15) is 29.5 Å². The third kappa shape index (κ3) is 7.31. The number of carbonyl (C=O) groups is 3. The number of nitrogens with zero attached hydrogens (tertiary/aromatic N) is 1. The first-order chi connectivity index (χ1) is 20.1. The predicted octanol–water partition coefficient (Wildman–Crippen LogP) is 3.77. The van der Waals surface area contributed by atoms with Crippen molar-refractivity contribution in [2.45, 2.75) is 36.8 Å². The van der Waals surface area contributed by atoms with Gasteiger partial charge in [0.05, 0.1) is 12.0 Å². The summed E-state index contributed by atoms with van der Waals surface area (Å²) in [5.74, 6) is -1.75. The van der Waals surface area contributed by atoms with E-state index in [1.165, 1.54) is 26.2 Å². The molecule has 3 aromatic rings. The van der Waals surface area contributed by atoms with E-state index in [1.54, 1.807) is 66.7 Å². The lowest BCUT2D eigenvalue weighted by Crippen LogP contribution is -2.70. The molecule has 1 aliphatic heterocycles. The highest BCUT2D eigenvalue weighted by Gasteiger charge is 2.54. The number of hydrogen-bond donors (Lipinski definition) is 1. The number of para-hydroxylation sites is 1. The summed E-state index contributed by atoms with van der Waals surface area (Å²) in [5.41, 5.74) is 1.32. The minimum atomic E-state index is -4.04. The first-order valence-electron chi connectivity index (χ1n) is 12.9. The minimum absolute atomic E-state index is 0.00975. The van der Waals surface area contributed by atoms with Crippen molar-refractivity contribution in [3.05, 3.63) is 108 Å². The number of aryl methyl sites for hydroxylation is 1. The molecule has 1 saturated heterocycles. The van der Waals surface area contributed by atoms with Crippen molar-refractivity contribution >= 4 is 37.4 Å². The van der Waals surface area contributed by atoms with Crippen LogP contribution in [0.25, 0.3) is 0 Å². The second kappa shape index (κ2) is 13.6. The summed E-state index contributed by atoms with van der Waals surface area (Å²) in [6, 6.07) is 22.5. The zero-order valence-corrected chi connectivity index (χ0v) is 24.8. The van der Waals surface area contributed by atoms with Crippen LogP contribution in [0.4, 0.5) is 0 Å². The molecule has 0 saturated carbocycles. The van der Waals surface area contributed by atoms with Gasteiger partial charge in [0.25, 0.3) is 11.8 Å². The maximum Gasteiger partial charge on any atom is 0.358 e. The summed E-state index contributed by atoms with van der Waals surface area (Å²) >= 11 is 0. The predicted molar refractivity (Wildman–Crippen MR) is 156 cm³/mol. The molecule has 1 aliphatic rings. The molecule has 12 heteroatoms. The van der Waals surface area contributed by atoms with Crippen molar-refractivity contribution in [2.24, 2.45) is 0 Å². The smallest absolute Gasteiger partial charge is 0.358 e. The Hall–Kier alpha value is -4.29. The third-order valence-electron chi connectivity index (χ3n) is 6.29. The van der Waals surface area contributed by atoms with Gasteiger partial charge in [0.15, 0.2) is 12.3 Å². The van der Waals surface area contributed by atoms with Gasteiger partial charge in [-0.15, -0.1) is 0 Å². The Balaban J connectivity index is 1.59. The molecule has 220 valence electrons. The zero-order chi connectivity index (χ0) is 30.3. The molecule has 0 spiro atoms. The zero-order valence-electron chi connectivity index (χ0n) is 23.2. The topological polar surface area (TPSA) is 128 Å². The van der Waals surface area contributed by atoms with Gasteiger partial charge in [0, 0.05) is 10.8 Å². The molecule has 3 aromatic carbocycles. The monoisotopic (exact) mass is 610 g/mol. The highest BCUT2D eigenvalue weighted by Crippen LogP contribution is 2.40. The molecular formula is C30H30N2O8S2. The van der Waals surface area contributed by atoms with Gasteiger partial charge in [-0.25, -0.2) is 13.2 Å². The second-order valence-electron chi connectivity index (χ2n) is 9.28. The van der Waals surface area contributed by atoms with Crippen molar-refractivity contribution in [1.82, 2.24) is 10.2 Å². The summed E-state index contributed by atoms with van der Waals surface area (Å²) in [6.45, 7) is 2.79. The van der Waals surface area contributed by atoms with Crippen molar-refractivity contribution in [2.75, 3.05) is 13.7 Å². The number of rotatable bonds is 12. The van der Waals surface area contributed by atoms with E-state index < -0.39 is 44.7 Å². The molecule has 2 atom stereocenters. The maximum atomic E-state index is 13.5. The Morgan fingerprint density at radius 1 is 0.952 bits per heavy atom. The van der Waals surface area contributed by atoms with E-state index in [0.29, 0.717) is 22.1 Å². The van der Waals surface area contributed by atoms with Crippen LogP contribution in [0.3, 0.4) is 0 Å².